The highest BCUT2D eigenvalue weighted by Crippen LogP contribution is 2.30. The number of hydrogen-bond donors (Lipinski definition) is 1. The number of alkyl halides is 2. The standard InChI is InChI=1S/C24H34F2N4O3S/c1-16-13-19(33-29-16)14-22(31)27-18-5-3-17(4-6-18)7-10-30-11-8-20-21(9-12-30)34-23(28-20)32-15-24(2,25)26/h13,17-18H,3-12,14-15H2,1-2H3,(H,27,31). The number of halogens is 2. The predicted octanol–water partition coefficient (Wildman–Crippen LogP) is 4.18. The monoisotopic (exact) mass is 496 g/mol. The second-order valence-corrected chi connectivity index (χ2v) is 10.8. The van der Waals surface area contributed by atoms with Crippen molar-refractivity contribution < 1.29 is 22.8 Å². The number of thiazole rings is 1. The topological polar surface area (TPSA) is 80.5 Å². The Labute approximate surface area is 203 Å². The average Bonchev–Trinajstić information content (AvgIpc) is 3.32. The van der Waals surface area contributed by atoms with Crippen molar-refractivity contribution in [1.29, 1.82) is 0 Å². The van der Waals surface area contributed by atoms with Gasteiger partial charge < -0.3 is 19.5 Å². The highest BCUT2D eigenvalue weighted by atomic mass is 32.1. The maximum atomic E-state index is 13.0. The molecule has 2 aromatic rings. The largest absolute Gasteiger partial charge is 0.464 e. The molecule has 0 saturated heterocycles. The maximum absolute atomic E-state index is 13.0. The van der Waals surface area contributed by atoms with Crippen molar-refractivity contribution in [2.24, 2.45) is 5.92 Å². The first-order valence-corrected chi connectivity index (χ1v) is 13.0. The SMILES string of the molecule is Cc1cc(CC(=O)NC2CCC(CCN3CCc4nc(OCC(C)(F)F)sc4CC3)CC2)on1. The molecule has 1 amide bonds. The van der Waals surface area contributed by atoms with Crippen molar-refractivity contribution in [3.63, 3.8) is 0 Å². The lowest BCUT2D eigenvalue weighted by atomic mass is 9.84. The Morgan fingerprint density at radius 3 is 2.76 bits per heavy atom. The van der Waals surface area contributed by atoms with Crippen LogP contribution in [0.15, 0.2) is 10.6 Å². The van der Waals surface area contributed by atoms with Gasteiger partial charge >= 0.3 is 0 Å². The summed E-state index contributed by atoms with van der Waals surface area (Å²) in [4.78, 5) is 20.4. The maximum Gasteiger partial charge on any atom is 0.278 e. The molecule has 0 aromatic carbocycles. The molecular weight excluding hydrogens is 462 g/mol. The van der Waals surface area contributed by atoms with E-state index in [9.17, 15) is 13.6 Å². The Balaban J connectivity index is 1.13. The van der Waals surface area contributed by atoms with Crippen LogP contribution in [0.25, 0.3) is 0 Å². The Morgan fingerprint density at radius 1 is 1.29 bits per heavy atom. The van der Waals surface area contributed by atoms with Crippen LogP contribution in [-0.4, -0.2) is 59.2 Å². The molecule has 1 saturated carbocycles. The van der Waals surface area contributed by atoms with Gasteiger partial charge in [-0.25, -0.2) is 13.8 Å². The minimum Gasteiger partial charge on any atom is -0.464 e. The number of nitrogens with one attached hydrogen (secondary N) is 1. The lowest BCUT2D eigenvalue weighted by Crippen LogP contribution is -2.39. The Morgan fingerprint density at radius 2 is 2.06 bits per heavy atom. The molecule has 0 bridgehead atoms. The van der Waals surface area contributed by atoms with Gasteiger partial charge in [-0.05, 0) is 57.9 Å². The molecular formula is C24H34F2N4O3S. The van der Waals surface area contributed by atoms with Crippen LogP contribution >= 0.6 is 11.3 Å². The van der Waals surface area contributed by atoms with Crippen LogP contribution in [0.2, 0.25) is 0 Å². The molecule has 0 radical (unpaired) electrons. The van der Waals surface area contributed by atoms with Crippen molar-refractivity contribution in [2.45, 2.75) is 77.2 Å². The first-order chi connectivity index (χ1) is 16.2. The summed E-state index contributed by atoms with van der Waals surface area (Å²) in [6, 6.07) is 2.05. The van der Waals surface area contributed by atoms with Gasteiger partial charge in [0.15, 0.2) is 6.61 Å². The number of ether oxygens (including phenoxy) is 1. The second-order valence-electron chi connectivity index (χ2n) is 9.74. The molecule has 1 N–H and O–H groups in total. The van der Waals surface area contributed by atoms with E-state index in [1.54, 1.807) is 6.07 Å². The van der Waals surface area contributed by atoms with Crippen molar-refractivity contribution in [3.8, 4) is 5.19 Å². The summed E-state index contributed by atoms with van der Waals surface area (Å²) in [6.07, 6.45) is 7.45. The number of hydrogen-bond acceptors (Lipinski definition) is 7. The number of carbonyl (C=O) groups excluding carboxylic acids is 1. The minimum atomic E-state index is -2.85. The molecule has 0 unspecified atom stereocenters. The van der Waals surface area contributed by atoms with Gasteiger partial charge in [-0.1, -0.05) is 16.5 Å². The summed E-state index contributed by atoms with van der Waals surface area (Å²) in [7, 11) is 0. The average molecular weight is 497 g/mol. The number of fused-ring (bicyclic) bond motifs is 1. The Bertz CT molecular complexity index is 925. The molecule has 188 valence electrons. The summed E-state index contributed by atoms with van der Waals surface area (Å²) in [5.74, 6) is -1.54. The zero-order chi connectivity index (χ0) is 24.1. The minimum absolute atomic E-state index is 0.00204. The molecule has 4 rings (SSSR count). The summed E-state index contributed by atoms with van der Waals surface area (Å²) >= 11 is 1.41. The fraction of sp³-hybridized carbons (Fsp3) is 0.708. The van der Waals surface area contributed by atoms with Crippen LogP contribution < -0.4 is 10.1 Å². The molecule has 34 heavy (non-hydrogen) atoms. The van der Waals surface area contributed by atoms with Crippen LogP contribution in [0.3, 0.4) is 0 Å². The Hall–Kier alpha value is -2.07. The van der Waals surface area contributed by atoms with Gasteiger partial charge in [0.05, 0.1) is 17.8 Å². The van der Waals surface area contributed by atoms with Crippen molar-refractivity contribution in [2.75, 3.05) is 26.2 Å². The van der Waals surface area contributed by atoms with Crippen molar-refractivity contribution >= 4 is 17.2 Å². The number of aryl methyl sites for hydroxylation is 1. The van der Waals surface area contributed by atoms with Gasteiger partial charge in [-0.2, -0.15) is 0 Å². The molecule has 1 aliphatic carbocycles. The third kappa shape index (κ3) is 7.46. The molecule has 3 heterocycles. The van der Waals surface area contributed by atoms with E-state index in [4.69, 9.17) is 9.26 Å². The van der Waals surface area contributed by atoms with Crippen LogP contribution in [0.5, 0.6) is 5.19 Å². The fourth-order valence-electron chi connectivity index (χ4n) is 4.76. The molecule has 0 spiro atoms. The summed E-state index contributed by atoms with van der Waals surface area (Å²) in [6.45, 7) is 5.04. The molecule has 10 heteroatoms. The zero-order valence-electron chi connectivity index (χ0n) is 19.9. The number of carbonyl (C=O) groups is 1. The van der Waals surface area contributed by atoms with Crippen molar-refractivity contribution in [3.05, 3.63) is 28.1 Å². The first-order valence-electron chi connectivity index (χ1n) is 12.2. The van der Waals surface area contributed by atoms with Crippen LogP contribution in [0.4, 0.5) is 8.78 Å². The van der Waals surface area contributed by atoms with E-state index in [-0.39, 0.29) is 18.4 Å². The molecule has 2 aliphatic rings. The molecule has 7 nitrogen and oxygen atoms in total. The summed E-state index contributed by atoms with van der Waals surface area (Å²) < 4.78 is 36.4. The quantitative estimate of drug-likeness (QED) is 0.561. The summed E-state index contributed by atoms with van der Waals surface area (Å²) in [5, 5.41) is 7.33. The third-order valence-corrected chi connectivity index (χ3v) is 7.67. The Kier molecular flexibility index (Phi) is 8.18. The number of rotatable bonds is 9. The lowest BCUT2D eigenvalue weighted by molar-refractivity contribution is -0.121. The molecule has 1 aliphatic heterocycles. The van der Waals surface area contributed by atoms with Crippen LogP contribution in [0, 0.1) is 12.8 Å². The molecule has 1 fully saturated rings. The number of aromatic nitrogens is 2. The first kappa shape index (κ1) is 25.0. The highest BCUT2D eigenvalue weighted by Gasteiger charge is 2.26. The van der Waals surface area contributed by atoms with Gasteiger partial charge in [0.1, 0.15) is 5.76 Å². The normalized spacial score (nSPS) is 21.6. The van der Waals surface area contributed by atoms with E-state index < -0.39 is 12.5 Å². The highest BCUT2D eigenvalue weighted by molar-refractivity contribution is 7.13. The smallest absolute Gasteiger partial charge is 0.278 e. The van der Waals surface area contributed by atoms with Gasteiger partial charge in [-0.3, -0.25) is 4.79 Å². The lowest BCUT2D eigenvalue weighted by Gasteiger charge is -2.30. The second kappa shape index (κ2) is 11.1. The van der Waals surface area contributed by atoms with E-state index in [0.717, 1.165) is 81.3 Å². The number of amides is 1. The van der Waals surface area contributed by atoms with E-state index in [1.165, 1.54) is 17.8 Å². The van der Waals surface area contributed by atoms with Gasteiger partial charge in [0.2, 0.25) is 5.91 Å². The zero-order valence-corrected chi connectivity index (χ0v) is 20.8. The van der Waals surface area contributed by atoms with Gasteiger partial charge in [0, 0.05) is 43.4 Å². The van der Waals surface area contributed by atoms with Crippen LogP contribution in [-0.2, 0) is 24.1 Å². The fourth-order valence-corrected chi connectivity index (χ4v) is 5.70. The third-order valence-electron chi connectivity index (χ3n) is 6.60. The summed E-state index contributed by atoms with van der Waals surface area (Å²) in [5.41, 5.74) is 1.79. The van der Waals surface area contributed by atoms with E-state index in [2.05, 4.69) is 20.4 Å². The van der Waals surface area contributed by atoms with Crippen molar-refractivity contribution in [1.82, 2.24) is 20.4 Å². The van der Waals surface area contributed by atoms with Gasteiger partial charge in [0.25, 0.3) is 11.1 Å². The van der Waals surface area contributed by atoms with Gasteiger partial charge in [-0.15, -0.1) is 0 Å². The molecule has 2 aromatic heterocycles. The predicted molar refractivity (Wildman–Crippen MR) is 126 cm³/mol. The molecule has 0 atom stereocenters. The van der Waals surface area contributed by atoms with E-state index in [1.807, 2.05) is 6.92 Å². The van der Waals surface area contributed by atoms with E-state index in [0.29, 0.717) is 16.9 Å². The number of nitrogens with zero attached hydrogens (tertiary/aromatic N) is 3. The van der Waals surface area contributed by atoms with Crippen LogP contribution in [0.1, 0.15) is 61.1 Å². The van der Waals surface area contributed by atoms with E-state index >= 15 is 0 Å².